The SMILES string of the molecule is CN(C)c1cccc(Cn2ncc3c4sc(Cc5cc(-c6nc(Cc7nc8c(s7)c7cnn(Cc9ccn(C)n9)c(=O)c7n8C)cs6)n[nH]5)nc4n(C)c3c2=O)n1. The molecule has 0 aliphatic heterocycles. The Kier molecular flexibility index (Phi) is 8.23. The van der Waals surface area contributed by atoms with Crippen molar-refractivity contribution in [2.24, 2.45) is 21.1 Å². The van der Waals surface area contributed by atoms with Gasteiger partial charge in [-0.25, -0.2) is 29.3 Å². The lowest BCUT2D eigenvalue weighted by molar-refractivity contribution is 0.619. The maximum Gasteiger partial charge on any atom is 0.291 e. The molecule has 0 amide bonds. The van der Waals surface area contributed by atoms with E-state index in [0.717, 1.165) is 80.8 Å². The van der Waals surface area contributed by atoms with Gasteiger partial charge in [0.1, 0.15) is 37.6 Å². The summed E-state index contributed by atoms with van der Waals surface area (Å²) in [7, 11) is 9.45. The lowest BCUT2D eigenvalue weighted by atomic mass is 10.3. The summed E-state index contributed by atoms with van der Waals surface area (Å²) in [5.74, 6) is 0.820. The van der Waals surface area contributed by atoms with Gasteiger partial charge in [-0.15, -0.1) is 34.0 Å². The molecule has 10 rings (SSSR count). The molecule has 1 N–H and O–H groups in total. The van der Waals surface area contributed by atoms with Crippen molar-refractivity contribution in [3.8, 4) is 10.7 Å². The number of nitrogens with zero attached hydrogens (tertiary/aromatic N) is 14. The van der Waals surface area contributed by atoms with Crippen LogP contribution in [-0.4, -0.2) is 82.7 Å². The van der Waals surface area contributed by atoms with Gasteiger partial charge in [0.05, 0.1) is 52.0 Å². The van der Waals surface area contributed by atoms with E-state index < -0.39 is 0 Å². The predicted octanol–water partition coefficient (Wildman–Crippen LogP) is 4.32. The van der Waals surface area contributed by atoms with Crippen LogP contribution in [0.4, 0.5) is 5.82 Å². The molecule has 286 valence electrons. The van der Waals surface area contributed by atoms with Crippen molar-refractivity contribution in [3.05, 3.63) is 108 Å². The van der Waals surface area contributed by atoms with Gasteiger partial charge in [-0.05, 0) is 24.3 Å². The van der Waals surface area contributed by atoms with Crippen molar-refractivity contribution in [3.63, 3.8) is 0 Å². The number of H-pyrrole nitrogens is 1. The first-order valence-corrected chi connectivity index (χ1v) is 20.4. The first-order valence-electron chi connectivity index (χ1n) is 17.9. The topological polar surface area (TPSA) is 181 Å². The molecule has 10 aromatic rings. The Bertz CT molecular complexity index is 3290. The van der Waals surface area contributed by atoms with E-state index in [1.807, 2.05) is 91.2 Å². The van der Waals surface area contributed by atoms with E-state index >= 15 is 0 Å². The molecule has 0 radical (unpaired) electrons. The molecule has 0 aromatic carbocycles. The van der Waals surface area contributed by atoms with Crippen molar-refractivity contribution in [2.45, 2.75) is 25.9 Å². The number of nitrogens with one attached hydrogen (secondary N) is 1. The number of aromatic amines is 1. The summed E-state index contributed by atoms with van der Waals surface area (Å²) in [6, 6.07) is 9.63. The molecule has 0 saturated carbocycles. The summed E-state index contributed by atoms with van der Waals surface area (Å²) in [6.07, 6.45) is 6.45. The van der Waals surface area contributed by atoms with Gasteiger partial charge in [0.2, 0.25) is 0 Å². The zero-order valence-electron chi connectivity index (χ0n) is 31.3. The van der Waals surface area contributed by atoms with Gasteiger partial charge in [0, 0.05) is 76.1 Å². The Balaban J connectivity index is 0.846. The summed E-state index contributed by atoms with van der Waals surface area (Å²) >= 11 is 4.64. The van der Waals surface area contributed by atoms with Gasteiger partial charge in [-0.3, -0.25) is 19.4 Å². The molecule has 0 atom stereocenters. The number of aromatic nitrogens is 14. The Morgan fingerprint density at radius 1 is 0.754 bits per heavy atom. The van der Waals surface area contributed by atoms with Crippen LogP contribution in [0.1, 0.15) is 32.8 Å². The van der Waals surface area contributed by atoms with Gasteiger partial charge < -0.3 is 14.0 Å². The molecule has 0 fully saturated rings. The minimum Gasteiger partial charge on any atom is -0.363 e. The van der Waals surface area contributed by atoms with Crippen LogP contribution in [0.2, 0.25) is 0 Å². The predicted molar refractivity (Wildman–Crippen MR) is 222 cm³/mol. The summed E-state index contributed by atoms with van der Waals surface area (Å²) < 4.78 is 10.2. The highest BCUT2D eigenvalue weighted by Crippen LogP contribution is 2.34. The van der Waals surface area contributed by atoms with Crippen LogP contribution in [0.25, 0.3) is 53.2 Å². The smallest absolute Gasteiger partial charge is 0.291 e. The molecule has 10 heterocycles. The summed E-state index contributed by atoms with van der Waals surface area (Å²) in [5.41, 5.74) is 6.35. The minimum absolute atomic E-state index is 0.175. The third-order valence-corrected chi connectivity index (χ3v) is 12.9. The van der Waals surface area contributed by atoms with Gasteiger partial charge in [0.25, 0.3) is 11.1 Å². The van der Waals surface area contributed by atoms with E-state index in [0.29, 0.717) is 30.4 Å². The van der Waals surface area contributed by atoms with Crippen LogP contribution < -0.4 is 16.0 Å². The van der Waals surface area contributed by atoms with Crippen molar-refractivity contribution >= 4 is 82.3 Å². The number of aryl methyl sites for hydroxylation is 3. The second kappa shape index (κ2) is 13.4. The van der Waals surface area contributed by atoms with Crippen LogP contribution in [0.5, 0.6) is 0 Å². The number of anilines is 1. The molecule has 0 bridgehead atoms. The van der Waals surface area contributed by atoms with E-state index in [9.17, 15) is 9.59 Å². The van der Waals surface area contributed by atoms with Crippen molar-refractivity contribution < 1.29 is 0 Å². The number of thiazole rings is 3. The highest BCUT2D eigenvalue weighted by atomic mass is 32.1. The summed E-state index contributed by atoms with van der Waals surface area (Å²) in [5, 5.41) is 27.3. The Morgan fingerprint density at radius 3 is 2.04 bits per heavy atom. The number of fused-ring (bicyclic) bond motifs is 6. The molecule has 0 saturated heterocycles. The molecular formula is C37H33N15O2S3. The van der Waals surface area contributed by atoms with E-state index in [-0.39, 0.29) is 17.7 Å². The number of rotatable bonds is 10. The second-order valence-corrected chi connectivity index (χ2v) is 17.0. The highest BCUT2D eigenvalue weighted by Gasteiger charge is 2.22. The van der Waals surface area contributed by atoms with E-state index in [2.05, 4.69) is 30.5 Å². The van der Waals surface area contributed by atoms with Gasteiger partial charge in [-0.2, -0.15) is 20.4 Å². The fourth-order valence-electron chi connectivity index (χ4n) is 7.09. The van der Waals surface area contributed by atoms with Crippen LogP contribution in [0.3, 0.4) is 0 Å². The third-order valence-electron chi connectivity index (χ3n) is 9.86. The second-order valence-electron chi connectivity index (χ2n) is 14.0. The maximum atomic E-state index is 13.6. The van der Waals surface area contributed by atoms with Crippen molar-refractivity contribution in [1.82, 2.24) is 68.6 Å². The van der Waals surface area contributed by atoms with Crippen molar-refractivity contribution in [2.75, 3.05) is 19.0 Å². The Morgan fingerprint density at radius 2 is 1.40 bits per heavy atom. The lowest BCUT2D eigenvalue weighted by Crippen LogP contribution is -2.25. The number of pyridine rings is 1. The first-order chi connectivity index (χ1) is 27.6. The van der Waals surface area contributed by atoms with E-state index in [1.54, 1.807) is 39.7 Å². The fraction of sp³-hybridized carbons (Fsp3) is 0.243. The van der Waals surface area contributed by atoms with Crippen LogP contribution in [0.15, 0.2) is 63.9 Å². The van der Waals surface area contributed by atoms with E-state index in [4.69, 9.17) is 15.0 Å². The molecule has 20 heteroatoms. The molecule has 0 aliphatic carbocycles. The average Bonchev–Trinajstić information content (AvgIpc) is 4.06. The molecule has 57 heavy (non-hydrogen) atoms. The number of hydrogen-bond donors (Lipinski definition) is 1. The third kappa shape index (κ3) is 6.03. The Hall–Kier alpha value is -6.38. The molecule has 17 nitrogen and oxygen atoms in total. The zero-order chi connectivity index (χ0) is 39.1. The largest absolute Gasteiger partial charge is 0.363 e. The lowest BCUT2D eigenvalue weighted by Gasteiger charge is -2.12. The van der Waals surface area contributed by atoms with Gasteiger partial charge >= 0.3 is 0 Å². The Labute approximate surface area is 334 Å². The zero-order valence-corrected chi connectivity index (χ0v) is 33.8. The molecule has 0 unspecified atom stereocenters. The maximum absolute atomic E-state index is 13.6. The average molecular weight is 816 g/mol. The highest BCUT2D eigenvalue weighted by molar-refractivity contribution is 7.20. The molecular weight excluding hydrogens is 783 g/mol. The molecule has 0 aliphatic rings. The summed E-state index contributed by atoms with van der Waals surface area (Å²) in [6.45, 7) is 0.568. The standard InChI is InChI=1S/C37H33N15O2S3/c1-47(2)26-8-6-7-19(40-26)16-51-36(53)29-23(14-38-51)31-33(49(29)4)42-27(56-31)12-21-11-25(45-44-21)35-41-22(18-55-35)13-28-43-34-32(57-28)24-15-39-52(37(54)30(24)50(34)5)17-20-9-10-48(3)46-20/h6-11,14-15,18H,12-13,16-17H2,1-5H3,(H,44,45). The van der Waals surface area contributed by atoms with Gasteiger partial charge in [-0.1, -0.05) is 6.07 Å². The van der Waals surface area contributed by atoms with Gasteiger partial charge in [0.15, 0.2) is 11.3 Å². The van der Waals surface area contributed by atoms with Crippen LogP contribution in [-0.2, 0) is 47.1 Å². The number of hydrogen-bond acceptors (Lipinski definition) is 14. The van der Waals surface area contributed by atoms with Crippen LogP contribution >= 0.6 is 34.0 Å². The van der Waals surface area contributed by atoms with Crippen molar-refractivity contribution in [1.29, 1.82) is 0 Å². The molecule has 0 spiro atoms. The van der Waals surface area contributed by atoms with E-state index in [1.165, 1.54) is 20.7 Å². The summed E-state index contributed by atoms with van der Waals surface area (Å²) in [4.78, 5) is 48.3. The normalized spacial score (nSPS) is 12.0. The minimum atomic E-state index is -0.183. The fourth-order valence-corrected chi connectivity index (χ4v) is 10.1. The molecule has 10 aromatic heterocycles. The quantitative estimate of drug-likeness (QED) is 0.208. The first kappa shape index (κ1) is 35.1. The monoisotopic (exact) mass is 815 g/mol. The van der Waals surface area contributed by atoms with Crippen LogP contribution in [0, 0.1) is 0 Å².